The van der Waals surface area contributed by atoms with Gasteiger partial charge in [0, 0.05) is 12.5 Å². The molecule has 2 rings (SSSR count). The zero-order chi connectivity index (χ0) is 13.3. The number of hydrogen-bond donors (Lipinski definition) is 0. The molecule has 0 aromatic carbocycles. The van der Waals surface area contributed by atoms with Crippen molar-refractivity contribution in [2.75, 3.05) is 6.61 Å². The zero-order valence-corrected chi connectivity index (χ0v) is 13.3. The van der Waals surface area contributed by atoms with Crippen molar-refractivity contribution in [1.29, 1.82) is 0 Å². The minimum atomic E-state index is -0.456. The highest BCUT2D eigenvalue weighted by atomic mass is 79.9. The fourth-order valence-electron chi connectivity index (χ4n) is 1.94. The number of ether oxygens (including phenoxy) is 1. The van der Waals surface area contributed by atoms with Crippen molar-refractivity contribution in [2.45, 2.75) is 51.6 Å². The first kappa shape index (κ1) is 14.2. The molecule has 5 heteroatoms. The summed E-state index contributed by atoms with van der Waals surface area (Å²) in [5.74, 6) is 1.23. The largest absolute Gasteiger partial charge is 0.368 e. The van der Waals surface area contributed by atoms with Gasteiger partial charge in [-0.2, -0.15) is 0 Å². The van der Waals surface area contributed by atoms with E-state index in [0.717, 1.165) is 16.6 Å². The second kappa shape index (κ2) is 5.43. The Morgan fingerprint density at radius 1 is 1.39 bits per heavy atom. The number of aromatic nitrogens is 2. The molecule has 0 amide bonds. The molecule has 0 spiro atoms. The number of nitrogens with zero attached hydrogens (tertiary/aromatic N) is 2. The van der Waals surface area contributed by atoms with Gasteiger partial charge in [0.1, 0.15) is 10.8 Å². The molecule has 1 heterocycles. The molecule has 18 heavy (non-hydrogen) atoms. The van der Waals surface area contributed by atoms with E-state index in [2.05, 4.69) is 32.8 Å². The molecule has 1 unspecified atom stereocenters. The van der Waals surface area contributed by atoms with E-state index >= 15 is 0 Å². The van der Waals surface area contributed by atoms with Gasteiger partial charge in [0.15, 0.2) is 5.82 Å². The Labute approximate surface area is 121 Å². The van der Waals surface area contributed by atoms with Gasteiger partial charge in [-0.1, -0.05) is 18.5 Å². The van der Waals surface area contributed by atoms with E-state index in [4.69, 9.17) is 16.3 Å². The van der Waals surface area contributed by atoms with E-state index in [0.29, 0.717) is 23.5 Å². The quantitative estimate of drug-likeness (QED) is 0.748. The van der Waals surface area contributed by atoms with Crippen molar-refractivity contribution in [1.82, 2.24) is 9.97 Å². The Kier molecular flexibility index (Phi) is 4.29. The van der Waals surface area contributed by atoms with Crippen LogP contribution in [-0.4, -0.2) is 16.6 Å². The van der Waals surface area contributed by atoms with Gasteiger partial charge in [0.05, 0.1) is 10.2 Å². The average Bonchev–Trinajstić information content (AvgIpc) is 3.16. The maximum absolute atomic E-state index is 6.20. The van der Waals surface area contributed by atoms with Crippen LogP contribution < -0.4 is 0 Å². The Morgan fingerprint density at radius 3 is 2.56 bits per heavy atom. The first-order chi connectivity index (χ1) is 8.51. The van der Waals surface area contributed by atoms with Gasteiger partial charge in [0.2, 0.25) is 0 Å². The topological polar surface area (TPSA) is 35.0 Å². The maximum atomic E-state index is 6.20. The molecular formula is C13H18BrClN2O. The molecule has 1 aromatic heterocycles. The average molecular weight is 334 g/mol. The van der Waals surface area contributed by atoms with Gasteiger partial charge in [-0.25, -0.2) is 9.97 Å². The van der Waals surface area contributed by atoms with E-state index in [1.54, 1.807) is 0 Å². The van der Waals surface area contributed by atoms with Gasteiger partial charge >= 0.3 is 0 Å². The van der Waals surface area contributed by atoms with E-state index in [1.807, 2.05) is 13.8 Å². The normalized spacial score (nSPS) is 18.7. The van der Waals surface area contributed by atoms with Crippen molar-refractivity contribution < 1.29 is 4.74 Å². The fourth-order valence-corrected chi connectivity index (χ4v) is 2.62. The Hall–Kier alpha value is -0.190. The van der Waals surface area contributed by atoms with Gasteiger partial charge < -0.3 is 4.74 Å². The van der Waals surface area contributed by atoms with Gasteiger partial charge in [-0.15, -0.1) is 0 Å². The third-order valence-electron chi connectivity index (χ3n) is 3.41. The smallest absolute Gasteiger partial charge is 0.161 e. The van der Waals surface area contributed by atoms with Crippen LogP contribution in [0.5, 0.6) is 0 Å². The van der Waals surface area contributed by atoms with Crippen LogP contribution in [-0.2, 0) is 10.3 Å². The van der Waals surface area contributed by atoms with Gasteiger partial charge in [0.25, 0.3) is 0 Å². The molecule has 1 atom stereocenters. The minimum Gasteiger partial charge on any atom is -0.368 e. The fraction of sp³-hybridized carbons (Fsp3) is 0.692. The first-order valence-electron chi connectivity index (χ1n) is 6.39. The summed E-state index contributed by atoms with van der Waals surface area (Å²) < 4.78 is 6.65. The van der Waals surface area contributed by atoms with Crippen molar-refractivity contribution in [3.63, 3.8) is 0 Å². The molecule has 0 aliphatic heterocycles. The maximum Gasteiger partial charge on any atom is 0.161 e. The highest BCUT2D eigenvalue weighted by Gasteiger charge is 2.34. The Balaban J connectivity index is 2.44. The van der Waals surface area contributed by atoms with Crippen LogP contribution in [0.25, 0.3) is 0 Å². The Morgan fingerprint density at radius 2 is 2.06 bits per heavy atom. The number of hydrogen-bond acceptors (Lipinski definition) is 3. The van der Waals surface area contributed by atoms with Crippen molar-refractivity contribution in [3.8, 4) is 0 Å². The van der Waals surface area contributed by atoms with Crippen LogP contribution in [0, 0.1) is 0 Å². The molecule has 1 saturated carbocycles. The van der Waals surface area contributed by atoms with E-state index in [-0.39, 0.29) is 0 Å². The summed E-state index contributed by atoms with van der Waals surface area (Å²) in [6.45, 7) is 6.72. The van der Waals surface area contributed by atoms with Crippen LogP contribution in [0.2, 0.25) is 5.15 Å². The van der Waals surface area contributed by atoms with Gasteiger partial charge in [-0.3, -0.25) is 0 Å². The van der Waals surface area contributed by atoms with Crippen LogP contribution in [0.1, 0.15) is 57.5 Å². The van der Waals surface area contributed by atoms with E-state index in [1.165, 1.54) is 12.8 Å². The van der Waals surface area contributed by atoms with Crippen LogP contribution in [0.15, 0.2) is 4.47 Å². The van der Waals surface area contributed by atoms with Crippen LogP contribution >= 0.6 is 27.5 Å². The molecule has 3 nitrogen and oxygen atoms in total. The number of halogens is 2. The second-order valence-corrected chi connectivity index (χ2v) is 5.98. The third-order valence-corrected chi connectivity index (χ3v) is 4.69. The summed E-state index contributed by atoms with van der Waals surface area (Å²) in [6, 6.07) is 0. The third kappa shape index (κ3) is 2.70. The van der Waals surface area contributed by atoms with Crippen molar-refractivity contribution in [3.05, 3.63) is 21.1 Å². The predicted octanol–water partition coefficient (Wildman–Crippen LogP) is 4.43. The Bertz CT molecular complexity index is 451. The minimum absolute atomic E-state index is 0.456. The summed E-state index contributed by atoms with van der Waals surface area (Å²) in [5, 5.41) is 0.487. The molecule has 0 saturated heterocycles. The standard InChI is InChI=1S/C13H18BrClN2O/c1-4-13(3,18-5-2)12-16-10(8-6-7-8)9(14)11(15)17-12/h8H,4-7H2,1-3H3. The van der Waals surface area contributed by atoms with Gasteiger partial charge in [-0.05, 0) is 49.0 Å². The lowest BCUT2D eigenvalue weighted by Gasteiger charge is -2.27. The monoisotopic (exact) mass is 332 g/mol. The molecule has 0 radical (unpaired) electrons. The highest BCUT2D eigenvalue weighted by molar-refractivity contribution is 9.10. The highest BCUT2D eigenvalue weighted by Crippen LogP contribution is 2.44. The molecule has 0 bridgehead atoms. The predicted molar refractivity (Wildman–Crippen MR) is 76.0 cm³/mol. The van der Waals surface area contributed by atoms with E-state index < -0.39 is 5.60 Å². The summed E-state index contributed by atoms with van der Waals surface area (Å²) in [5.41, 5.74) is 0.576. The summed E-state index contributed by atoms with van der Waals surface area (Å²) in [6.07, 6.45) is 3.19. The van der Waals surface area contributed by atoms with E-state index in [9.17, 15) is 0 Å². The molecule has 100 valence electrons. The SMILES string of the molecule is CCOC(C)(CC)c1nc(Cl)c(Br)c(C2CC2)n1. The molecule has 1 aliphatic rings. The van der Waals surface area contributed by atoms with Crippen LogP contribution in [0.4, 0.5) is 0 Å². The molecule has 0 N–H and O–H groups in total. The summed E-state index contributed by atoms with van der Waals surface area (Å²) in [4.78, 5) is 9.08. The van der Waals surface area contributed by atoms with Crippen molar-refractivity contribution in [2.24, 2.45) is 0 Å². The first-order valence-corrected chi connectivity index (χ1v) is 7.56. The second-order valence-electron chi connectivity index (χ2n) is 4.83. The lowest BCUT2D eigenvalue weighted by molar-refractivity contribution is -0.0392. The summed E-state index contributed by atoms with van der Waals surface area (Å²) in [7, 11) is 0. The van der Waals surface area contributed by atoms with Crippen LogP contribution in [0.3, 0.4) is 0 Å². The lowest BCUT2D eigenvalue weighted by Crippen LogP contribution is -2.28. The number of rotatable bonds is 5. The molecule has 1 aromatic rings. The molecule has 1 fully saturated rings. The molecular weight excluding hydrogens is 316 g/mol. The summed E-state index contributed by atoms with van der Waals surface area (Å²) >= 11 is 9.69. The lowest BCUT2D eigenvalue weighted by atomic mass is 10.0. The zero-order valence-electron chi connectivity index (χ0n) is 11.0. The van der Waals surface area contributed by atoms with Crippen molar-refractivity contribution >= 4 is 27.5 Å². The molecule has 1 aliphatic carbocycles.